The Kier molecular flexibility index (Phi) is 4.80. The third-order valence-corrected chi connectivity index (χ3v) is 3.60. The van der Waals surface area contributed by atoms with E-state index >= 15 is 0 Å². The van der Waals surface area contributed by atoms with E-state index in [9.17, 15) is 9.90 Å². The zero-order valence-electron chi connectivity index (χ0n) is 11.3. The van der Waals surface area contributed by atoms with Crippen LogP contribution in [-0.4, -0.2) is 41.7 Å². The molecule has 1 saturated heterocycles. The second-order valence-electron chi connectivity index (χ2n) is 4.85. The summed E-state index contributed by atoms with van der Waals surface area (Å²) in [7, 11) is 0. The molecule has 1 fully saturated rings. The topological polar surface area (TPSA) is 49.8 Å². The summed E-state index contributed by atoms with van der Waals surface area (Å²) in [4.78, 5) is 13.7. The Morgan fingerprint density at radius 1 is 1.42 bits per heavy atom. The largest absolute Gasteiger partial charge is 0.484 e. The van der Waals surface area contributed by atoms with Gasteiger partial charge in [0.15, 0.2) is 6.61 Å². The van der Waals surface area contributed by atoms with Crippen LogP contribution in [0.4, 0.5) is 0 Å². The third-order valence-electron chi connectivity index (χ3n) is 3.60. The first kappa shape index (κ1) is 13.9. The summed E-state index contributed by atoms with van der Waals surface area (Å²) >= 11 is 0. The Morgan fingerprint density at radius 2 is 2.16 bits per heavy atom. The van der Waals surface area contributed by atoms with Gasteiger partial charge in [0.25, 0.3) is 5.91 Å². The van der Waals surface area contributed by atoms with E-state index in [2.05, 4.69) is 6.92 Å². The third kappa shape index (κ3) is 3.47. The molecule has 1 aromatic carbocycles. The number of hydrogen-bond donors (Lipinski definition) is 1. The molecule has 0 saturated carbocycles. The van der Waals surface area contributed by atoms with Crippen LogP contribution in [0.3, 0.4) is 0 Å². The van der Waals surface area contributed by atoms with Crippen molar-refractivity contribution in [3.63, 3.8) is 0 Å². The normalized spacial score (nSPS) is 18.6. The lowest BCUT2D eigenvalue weighted by molar-refractivity contribution is -0.134. The average Bonchev–Trinajstić information content (AvgIpc) is 2.93. The van der Waals surface area contributed by atoms with E-state index in [0.717, 1.165) is 25.8 Å². The molecular weight excluding hydrogens is 242 g/mol. The molecular formula is C15H21NO3. The molecule has 1 atom stereocenters. The molecule has 1 aromatic rings. The highest BCUT2D eigenvalue weighted by Crippen LogP contribution is 2.17. The molecule has 1 heterocycles. The maximum absolute atomic E-state index is 12.0. The summed E-state index contributed by atoms with van der Waals surface area (Å²) in [5, 5.41) is 9.19. The molecule has 1 N–H and O–H groups in total. The molecule has 104 valence electrons. The van der Waals surface area contributed by atoms with Gasteiger partial charge in [-0.05, 0) is 37.0 Å². The Morgan fingerprint density at radius 3 is 2.79 bits per heavy atom. The van der Waals surface area contributed by atoms with Gasteiger partial charge in [-0.1, -0.05) is 19.1 Å². The molecule has 1 aliphatic heterocycles. The van der Waals surface area contributed by atoms with Crippen molar-refractivity contribution in [3.05, 3.63) is 29.8 Å². The fourth-order valence-electron chi connectivity index (χ4n) is 2.40. The standard InChI is InChI=1S/C15H21NO3/c1-2-12-5-7-14(8-6-12)19-11-15(18)16-9-3-4-13(16)10-17/h5-8,13,17H,2-4,9-11H2,1H3. The van der Waals surface area contributed by atoms with E-state index < -0.39 is 0 Å². The molecule has 0 aromatic heterocycles. The van der Waals surface area contributed by atoms with Gasteiger partial charge in [-0.2, -0.15) is 0 Å². The van der Waals surface area contributed by atoms with Crippen LogP contribution in [0.25, 0.3) is 0 Å². The maximum Gasteiger partial charge on any atom is 0.260 e. The van der Waals surface area contributed by atoms with E-state index in [1.54, 1.807) is 4.90 Å². The fraction of sp³-hybridized carbons (Fsp3) is 0.533. The zero-order chi connectivity index (χ0) is 13.7. The van der Waals surface area contributed by atoms with Crippen LogP contribution >= 0.6 is 0 Å². The summed E-state index contributed by atoms with van der Waals surface area (Å²) in [6.45, 7) is 2.91. The Labute approximate surface area is 114 Å². The molecule has 0 aliphatic carbocycles. The molecule has 0 spiro atoms. The van der Waals surface area contributed by atoms with Gasteiger partial charge < -0.3 is 14.7 Å². The number of carbonyl (C=O) groups excluding carboxylic acids is 1. The second kappa shape index (κ2) is 6.57. The highest BCUT2D eigenvalue weighted by molar-refractivity contribution is 5.78. The number of carbonyl (C=O) groups is 1. The minimum Gasteiger partial charge on any atom is -0.484 e. The quantitative estimate of drug-likeness (QED) is 0.878. The number of aliphatic hydroxyl groups is 1. The molecule has 1 unspecified atom stereocenters. The highest BCUT2D eigenvalue weighted by Gasteiger charge is 2.27. The number of aliphatic hydroxyl groups excluding tert-OH is 1. The van der Waals surface area contributed by atoms with Crippen LogP contribution in [0.2, 0.25) is 0 Å². The van der Waals surface area contributed by atoms with Crippen LogP contribution in [0.1, 0.15) is 25.3 Å². The van der Waals surface area contributed by atoms with E-state index in [1.807, 2.05) is 24.3 Å². The van der Waals surface area contributed by atoms with Gasteiger partial charge in [-0.3, -0.25) is 4.79 Å². The van der Waals surface area contributed by atoms with Crippen molar-refractivity contribution in [1.82, 2.24) is 4.90 Å². The van der Waals surface area contributed by atoms with Gasteiger partial charge >= 0.3 is 0 Å². The van der Waals surface area contributed by atoms with Crippen LogP contribution in [0.5, 0.6) is 5.75 Å². The van der Waals surface area contributed by atoms with Crippen molar-refractivity contribution >= 4 is 5.91 Å². The van der Waals surface area contributed by atoms with Crippen molar-refractivity contribution in [2.75, 3.05) is 19.8 Å². The monoisotopic (exact) mass is 263 g/mol. The predicted molar refractivity (Wildman–Crippen MR) is 73.1 cm³/mol. The summed E-state index contributed by atoms with van der Waals surface area (Å²) in [5.74, 6) is 0.668. The number of aryl methyl sites for hydroxylation is 1. The number of nitrogens with zero attached hydrogens (tertiary/aromatic N) is 1. The van der Waals surface area contributed by atoms with Gasteiger partial charge in [0.2, 0.25) is 0 Å². The Hall–Kier alpha value is -1.55. The number of rotatable bonds is 5. The van der Waals surface area contributed by atoms with E-state index in [1.165, 1.54) is 5.56 Å². The van der Waals surface area contributed by atoms with Gasteiger partial charge in [-0.15, -0.1) is 0 Å². The van der Waals surface area contributed by atoms with Gasteiger partial charge in [-0.25, -0.2) is 0 Å². The SMILES string of the molecule is CCc1ccc(OCC(=O)N2CCCC2CO)cc1. The summed E-state index contributed by atoms with van der Waals surface area (Å²) in [5.41, 5.74) is 1.25. The van der Waals surface area contributed by atoms with E-state index in [4.69, 9.17) is 4.74 Å². The van der Waals surface area contributed by atoms with Crippen molar-refractivity contribution in [2.45, 2.75) is 32.2 Å². The van der Waals surface area contributed by atoms with E-state index in [-0.39, 0.29) is 25.2 Å². The van der Waals surface area contributed by atoms with Crippen molar-refractivity contribution in [3.8, 4) is 5.75 Å². The van der Waals surface area contributed by atoms with Crippen LogP contribution < -0.4 is 4.74 Å². The molecule has 19 heavy (non-hydrogen) atoms. The number of hydrogen-bond acceptors (Lipinski definition) is 3. The fourth-order valence-corrected chi connectivity index (χ4v) is 2.40. The predicted octanol–water partition coefficient (Wildman–Crippen LogP) is 1.61. The van der Waals surface area contributed by atoms with Gasteiger partial charge in [0.1, 0.15) is 5.75 Å². The number of benzene rings is 1. The molecule has 1 amide bonds. The van der Waals surface area contributed by atoms with Gasteiger partial charge in [0.05, 0.1) is 12.6 Å². The lowest BCUT2D eigenvalue weighted by Gasteiger charge is -2.22. The summed E-state index contributed by atoms with van der Waals surface area (Å²) in [6.07, 6.45) is 2.83. The summed E-state index contributed by atoms with van der Waals surface area (Å²) in [6, 6.07) is 7.76. The molecule has 0 bridgehead atoms. The molecule has 4 heteroatoms. The molecule has 4 nitrogen and oxygen atoms in total. The lowest BCUT2D eigenvalue weighted by atomic mass is 10.2. The van der Waals surface area contributed by atoms with Crippen molar-refractivity contribution < 1.29 is 14.6 Å². The highest BCUT2D eigenvalue weighted by atomic mass is 16.5. The second-order valence-corrected chi connectivity index (χ2v) is 4.85. The van der Waals surface area contributed by atoms with Crippen LogP contribution in [0, 0.1) is 0 Å². The average molecular weight is 263 g/mol. The van der Waals surface area contributed by atoms with Crippen LogP contribution in [-0.2, 0) is 11.2 Å². The minimum atomic E-state index is -0.0453. The smallest absolute Gasteiger partial charge is 0.260 e. The van der Waals surface area contributed by atoms with Crippen LogP contribution in [0.15, 0.2) is 24.3 Å². The molecule has 0 radical (unpaired) electrons. The lowest BCUT2D eigenvalue weighted by Crippen LogP contribution is -2.40. The molecule has 2 rings (SSSR count). The first-order valence-electron chi connectivity index (χ1n) is 6.86. The Bertz CT molecular complexity index is 416. The maximum atomic E-state index is 12.0. The first-order valence-corrected chi connectivity index (χ1v) is 6.86. The Balaban J connectivity index is 1.85. The van der Waals surface area contributed by atoms with E-state index in [0.29, 0.717) is 5.75 Å². The summed E-state index contributed by atoms with van der Waals surface area (Å²) < 4.78 is 5.50. The van der Waals surface area contributed by atoms with Crippen molar-refractivity contribution in [2.24, 2.45) is 0 Å². The number of ether oxygens (including phenoxy) is 1. The zero-order valence-corrected chi connectivity index (χ0v) is 11.3. The first-order chi connectivity index (χ1) is 9.24. The number of likely N-dealkylation sites (tertiary alicyclic amines) is 1. The molecule has 1 aliphatic rings. The van der Waals surface area contributed by atoms with Crippen molar-refractivity contribution in [1.29, 1.82) is 0 Å². The number of amides is 1. The minimum absolute atomic E-state index is 0.0291. The van der Waals surface area contributed by atoms with Gasteiger partial charge in [0, 0.05) is 6.54 Å².